The second-order valence-corrected chi connectivity index (χ2v) is 8.94. The molecule has 7 heteroatoms. The van der Waals surface area contributed by atoms with E-state index in [9.17, 15) is 18.0 Å². The van der Waals surface area contributed by atoms with Gasteiger partial charge in [-0.25, -0.2) is 13.2 Å². The lowest BCUT2D eigenvalue weighted by Gasteiger charge is -2.21. The number of nitrogens with zero attached hydrogens (tertiary/aromatic N) is 1. The highest BCUT2D eigenvalue weighted by atomic mass is 32.2. The highest BCUT2D eigenvalue weighted by Crippen LogP contribution is 2.18. The molecule has 6 nitrogen and oxygen atoms in total. The monoisotopic (exact) mass is 403 g/mol. The van der Waals surface area contributed by atoms with Crippen molar-refractivity contribution >= 4 is 21.8 Å². The van der Waals surface area contributed by atoms with Gasteiger partial charge in [0, 0.05) is 18.7 Å². The van der Waals surface area contributed by atoms with Crippen molar-refractivity contribution in [2.75, 3.05) is 13.7 Å². The van der Waals surface area contributed by atoms with Gasteiger partial charge in [0.25, 0.3) is 0 Å². The van der Waals surface area contributed by atoms with E-state index in [0.717, 1.165) is 11.1 Å². The van der Waals surface area contributed by atoms with Crippen molar-refractivity contribution in [3.05, 3.63) is 64.7 Å². The molecule has 2 aromatic rings. The van der Waals surface area contributed by atoms with Crippen molar-refractivity contribution in [3.8, 4) is 0 Å². The van der Waals surface area contributed by atoms with Gasteiger partial charge in [-0.15, -0.1) is 0 Å². The Labute approximate surface area is 166 Å². The Kier molecular flexibility index (Phi) is 6.74. The maximum atomic E-state index is 12.6. The maximum absolute atomic E-state index is 12.6. The smallest absolute Gasteiger partial charge is 0.338 e. The fourth-order valence-corrected chi connectivity index (χ4v) is 3.85. The topological polar surface area (TPSA) is 80.8 Å². The van der Waals surface area contributed by atoms with Crippen LogP contribution in [0.1, 0.15) is 45.7 Å². The summed E-state index contributed by atoms with van der Waals surface area (Å²) in [6, 6.07) is 10.7. The molecule has 0 radical (unpaired) electrons. The van der Waals surface area contributed by atoms with Gasteiger partial charge in [0.1, 0.15) is 0 Å². The minimum Gasteiger partial charge on any atom is -0.454 e. The molecule has 0 aliphatic rings. The molecule has 0 aromatic heterocycles. The van der Waals surface area contributed by atoms with E-state index in [0.29, 0.717) is 5.56 Å². The Balaban J connectivity index is 2.13. The van der Waals surface area contributed by atoms with Crippen LogP contribution in [0.3, 0.4) is 0 Å². The Morgan fingerprint density at radius 2 is 1.68 bits per heavy atom. The first-order valence-corrected chi connectivity index (χ1v) is 10.3. The van der Waals surface area contributed by atoms with Crippen LogP contribution in [0, 0.1) is 13.8 Å². The average molecular weight is 404 g/mol. The van der Waals surface area contributed by atoms with E-state index < -0.39 is 22.6 Å². The van der Waals surface area contributed by atoms with Crippen LogP contribution in [-0.4, -0.2) is 44.2 Å². The maximum Gasteiger partial charge on any atom is 0.338 e. The summed E-state index contributed by atoms with van der Waals surface area (Å²) >= 11 is 0. The first-order valence-electron chi connectivity index (χ1n) is 8.89. The van der Waals surface area contributed by atoms with Gasteiger partial charge in [0.05, 0.1) is 10.5 Å². The first kappa shape index (κ1) is 21.8. The minimum absolute atomic E-state index is 0.00126. The molecule has 0 atom stereocenters. The lowest BCUT2D eigenvalue weighted by atomic mass is 10.0. The van der Waals surface area contributed by atoms with Gasteiger partial charge in [-0.3, -0.25) is 4.79 Å². The van der Waals surface area contributed by atoms with Gasteiger partial charge >= 0.3 is 5.97 Å². The summed E-state index contributed by atoms with van der Waals surface area (Å²) in [5, 5.41) is 0. The molecule has 0 aliphatic carbocycles. The zero-order valence-electron chi connectivity index (χ0n) is 16.7. The van der Waals surface area contributed by atoms with Gasteiger partial charge in [0.2, 0.25) is 10.0 Å². The molecular formula is C21H25NO5S. The normalized spacial score (nSPS) is 11.7. The number of Topliss-reactive ketones (excluding diaryl/α,β-unsaturated/α-hetero) is 1. The number of carbonyl (C=O) groups is 2. The number of rotatable bonds is 7. The molecule has 0 saturated heterocycles. The van der Waals surface area contributed by atoms with E-state index in [2.05, 4.69) is 0 Å². The average Bonchev–Trinajstić information content (AvgIpc) is 2.67. The number of aryl methyl sites for hydroxylation is 2. The number of hydrogen-bond donors (Lipinski definition) is 0. The quantitative estimate of drug-likeness (QED) is 0.523. The zero-order valence-corrected chi connectivity index (χ0v) is 17.5. The lowest BCUT2D eigenvalue weighted by molar-refractivity contribution is 0.0474. The van der Waals surface area contributed by atoms with Crippen molar-refractivity contribution in [2.24, 2.45) is 0 Å². The molecular weight excluding hydrogens is 378 g/mol. The molecule has 0 bridgehead atoms. The third kappa shape index (κ3) is 4.85. The Morgan fingerprint density at radius 1 is 1.00 bits per heavy atom. The van der Waals surface area contributed by atoms with E-state index in [1.165, 1.54) is 35.6 Å². The second-order valence-electron chi connectivity index (χ2n) is 6.94. The van der Waals surface area contributed by atoms with Crippen LogP contribution in [0.25, 0.3) is 0 Å². The van der Waals surface area contributed by atoms with Gasteiger partial charge in [-0.2, -0.15) is 4.31 Å². The number of benzene rings is 2. The van der Waals surface area contributed by atoms with Gasteiger partial charge < -0.3 is 4.74 Å². The van der Waals surface area contributed by atoms with Crippen molar-refractivity contribution in [1.29, 1.82) is 0 Å². The van der Waals surface area contributed by atoms with Crippen molar-refractivity contribution in [1.82, 2.24) is 4.31 Å². The number of ketones is 1. The van der Waals surface area contributed by atoms with E-state index in [4.69, 9.17) is 4.74 Å². The molecule has 0 heterocycles. The Bertz CT molecular complexity index is 996. The standard InChI is InChI=1S/C21H25NO5S/c1-14(2)22(5)28(25,26)19-8-6-7-18(12-19)21(24)27-13-20(23)17-10-9-15(3)16(4)11-17/h6-12,14H,13H2,1-5H3. The number of sulfonamides is 1. The third-order valence-electron chi connectivity index (χ3n) is 4.64. The van der Waals surface area contributed by atoms with Crippen molar-refractivity contribution < 1.29 is 22.7 Å². The summed E-state index contributed by atoms with van der Waals surface area (Å²) in [4.78, 5) is 24.6. The highest BCUT2D eigenvalue weighted by molar-refractivity contribution is 7.89. The van der Waals surface area contributed by atoms with Crippen LogP contribution in [0.15, 0.2) is 47.4 Å². The molecule has 0 aliphatic heterocycles. The second kappa shape index (κ2) is 8.67. The van der Waals surface area contributed by atoms with E-state index in [1.54, 1.807) is 26.0 Å². The minimum atomic E-state index is -3.72. The summed E-state index contributed by atoms with van der Waals surface area (Å²) in [6.07, 6.45) is 0. The lowest BCUT2D eigenvalue weighted by Crippen LogP contribution is -2.33. The summed E-state index contributed by atoms with van der Waals surface area (Å²) < 4.78 is 31.5. The summed E-state index contributed by atoms with van der Waals surface area (Å²) in [5.74, 6) is -1.07. The number of esters is 1. The third-order valence-corrected chi connectivity index (χ3v) is 6.67. The SMILES string of the molecule is Cc1ccc(C(=O)COC(=O)c2cccc(S(=O)(=O)N(C)C(C)C)c2)cc1C. The summed E-state index contributed by atoms with van der Waals surface area (Å²) in [6.45, 7) is 6.95. The largest absolute Gasteiger partial charge is 0.454 e. The molecule has 2 aromatic carbocycles. The zero-order chi connectivity index (χ0) is 21.1. The van der Waals surface area contributed by atoms with Crippen LogP contribution in [0.4, 0.5) is 0 Å². The predicted molar refractivity (Wildman–Crippen MR) is 107 cm³/mol. The van der Waals surface area contributed by atoms with Crippen LogP contribution >= 0.6 is 0 Å². The Hall–Kier alpha value is -2.51. The first-order chi connectivity index (χ1) is 13.0. The van der Waals surface area contributed by atoms with E-state index >= 15 is 0 Å². The predicted octanol–water partition coefficient (Wildman–Crippen LogP) is 3.37. The molecule has 150 valence electrons. The highest BCUT2D eigenvalue weighted by Gasteiger charge is 2.24. The van der Waals surface area contributed by atoms with E-state index in [1.807, 2.05) is 19.9 Å². The summed E-state index contributed by atoms with van der Waals surface area (Å²) in [5.41, 5.74) is 2.58. The number of carbonyl (C=O) groups excluding carboxylic acids is 2. The number of ether oxygens (including phenoxy) is 1. The molecule has 2 rings (SSSR count). The number of hydrogen-bond acceptors (Lipinski definition) is 5. The molecule has 0 amide bonds. The molecule has 0 spiro atoms. The van der Waals surface area contributed by atoms with Crippen LogP contribution < -0.4 is 0 Å². The summed E-state index contributed by atoms with van der Waals surface area (Å²) in [7, 11) is -2.24. The van der Waals surface area contributed by atoms with Crippen molar-refractivity contribution in [3.63, 3.8) is 0 Å². The fraction of sp³-hybridized carbons (Fsp3) is 0.333. The fourth-order valence-electron chi connectivity index (χ4n) is 2.44. The van der Waals surface area contributed by atoms with Gasteiger partial charge in [-0.1, -0.05) is 18.2 Å². The Morgan fingerprint density at radius 3 is 2.29 bits per heavy atom. The van der Waals surface area contributed by atoms with Crippen LogP contribution in [-0.2, 0) is 14.8 Å². The van der Waals surface area contributed by atoms with Gasteiger partial charge in [0.15, 0.2) is 12.4 Å². The van der Waals surface area contributed by atoms with E-state index in [-0.39, 0.29) is 22.3 Å². The van der Waals surface area contributed by atoms with Gasteiger partial charge in [-0.05, 0) is 63.1 Å². The molecule has 0 fully saturated rings. The molecule has 0 saturated carbocycles. The van der Waals surface area contributed by atoms with Crippen molar-refractivity contribution in [2.45, 2.75) is 38.6 Å². The van der Waals surface area contributed by atoms with Crippen LogP contribution in [0.5, 0.6) is 0 Å². The van der Waals surface area contributed by atoms with Crippen LogP contribution in [0.2, 0.25) is 0 Å². The molecule has 28 heavy (non-hydrogen) atoms. The molecule has 0 unspecified atom stereocenters. The molecule has 0 N–H and O–H groups in total.